The highest BCUT2D eigenvalue weighted by Crippen LogP contribution is 2.44. The average Bonchev–Trinajstić information content (AvgIpc) is 3.24. The first-order valence-electron chi connectivity index (χ1n) is 10.9. The fraction of sp³-hybridized carbons (Fsp3) is 0.292. The standard InChI is InChI=1S/C24H25N4O3P/c29-32(30,31)14-17-6-8-18(9-7-17)19-10-12-21(13-11-19)28-16-27-23-22(25-15-26-24(23)28)20-4-2-1-3-5-20/h1-5,10-13,15-18H,6-9,14H2,(H2,29,30,31)/t17-,18-. The molecule has 1 saturated carbocycles. The minimum atomic E-state index is -3.92. The molecule has 0 radical (unpaired) electrons. The minimum absolute atomic E-state index is 0.0131. The molecule has 0 bridgehead atoms. The maximum absolute atomic E-state index is 11.3. The largest absolute Gasteiger partial charge is 0.325 e. The van der Waals surface area contributed by atoms with Gasteiger partial charge >= 0.3 is 7.60 Å². The molecule has 0 amide bonds. The van der Waals surface area contributed by atoms with Crippen LogP contribution in [0.15, 0.2) is 67.3 Å². The fourth-order valence-electron chi connectivity index (χ4n) is 4.75. The molecule has 8 heteroatoms. The number of rotatable bonds is 5. The van der Waals surface area contributed by atoms with Crippen molar-refractivity contribution in [3.05, 3.63) is 72.8 Å². The predicted octanol–water partition coefficient (Wildman–Crippen LogP) is 4.93. The van der Waals surface area contributed by atoms with E-state index in [1.54, 1.807) is 12.7 Å². The first-order chi connectivity index (χ1) is 15.5. The van der Waals surface area contributed by atoms with E-state index in [9.17, 15) is 14.4 Å². The summed E-state index contributed by atoms with van der Waals surface area (Å²) in [7, 11) is -3.92. The van der Waals surface area contributed by atoms with Crippen molar-refractivity contribution in [2.75, 3.05) is 6.16 Å². The first kappa shape index (κ1) is 21.0. The Hall–Kier alpha value is -2.86. The van der Waals surface area contributed by atoms with E-state index in [0.29, 0.717) is 5.92 Å². The lowest BCUT2D eigenvalue weighted by atomic mass is 9.79. The molecule has 4 aromatic rings. The van der Waals surface area contributed by atoms with Gasteiger partial charge in [0.05, 0.1) is 6.16 Å². The van der Waals surface area contributed by atoms with Gasteiger partial charge in [-0.15, -0.1) is 0 Å². The molecule has 0 atom stereocenters. The molecule has 1 aliphatic carbocycles. The van der Waals surface area contributed by atoms with Gasteiger partial charge in [-0.3, -0.25) is 9.13 Å². The van der Waals surface area contributed by atoms with Gasteiger partial charge in [0.25, 0.3) is 0 Å². The molecule has 0 saturated heterocycles. The van der Waals surface area contributed by atoms with Crippen LogP contribution in [0.4, 0.5) is 0 Å². The summed E-state index contributed by atoms with van der Waals surface area (Å²) < 4.78 is 13.3. The van der Waals surface area contributed by atoms with Crippen LogP contribution < -0.4 is 0 Å². The van der Waals surface area contributed by atoms with E-state index >= 15 is 0 Å². The molecule has 7 nitrogen and oxygen atoms in total. The third kappa shape index (κ3) is 4.37. The maximum Gasteiger partial charge on any atom is 0.325 e. The van der Waals surface area contributed by atoms with E-state index in [1.165, 1.54) is 5.56 Å². The number of imidazole rings is 1. The molecule has 2 heterocycles. The van der Waals surface area contributed by atoms with Gasteiger partial charge in [0.1, 0.15) is 23.9 Å². The molecule has 2 aromatic carbocycles. The highest BCUT2D eigenvalue weighted by Gasteiger charge is 2.27. The van der Waals surface area contributed by atoms with Crippen molar-refractivity contribution in [2.24, 2.45) is 5.92 Å². The van der Waals surface area contributed by atoms with Gasteiger partial charge in [-0.2, -0.15) is 0 Å². The van der Waals surface area contributed by atoms with Crippen molar-refractivity contribution in [2.45, 2.75) is 31.6 Å². The zero-order valence-corrected chi connectivity index (χ0v) is 18.5. The molecule has 0 aliphatic heterocycles. The van der Waals surface area contributed by atoms with Crippen molar-refractivity contribution in [1.29, 1.82) is 0 Å². The second kappa shape index (κ2) is 8.58. The van der Waals surface area contributed by atoms with E-state index in [1.807, 2.05) is 34.9 Å². The van der Waals surface area contributed by atoms with Crippen molar-refractivity contribution < 1.29 is 14.4 Å². The van der Waals surface area contributed by atoms with Crippen LogP contribution in [0.25, 0.3) is 28.1 Å². The molecule has 5 rings (SSSR count). The smallest absolute Gasteiger partial charge is 0.324 e. The summed E-state index contributed by atoms with van der Waals surface area (Å²) >= 11 is 0. The van der Waals surface area contributed by atoms with E-state index in [4.69, 9.17) is 0 Å². The summed E-state index contributed by atoms with van der Waals surface area (Å²) in [4.78, 5) is 32.0. The Labute approximate surface area is 186 Å². The molecule has 32 heavy (non-hydrogen) atoms. The zero-order valence-electron chi connectivity index (χ0n) is 17.6. The Morgan fingerprint density at radius 1 is 0.906 bits per heavy atom. The Bertz CT molecular complexity index is 1260. The first-order valence-corrected chi connectivity index (χ1v) is 12.7. The molecular formula is C24H25N4O3P. The van der Waals surface area contributed by atoms with Gasteiger partial charge in [0, 0.05) is 11.3 Å². The van der Waals surface area contributed by atoms with Crippen LogP contribution in [0.3, 0.4) is 0 Å². The number of hydrogen-bond donors (Lipinski definition) is 2. The van der Waals surface area contributed by atoms with Crippen LogP contribution in [-0.2, 0) is 4.57 Å². The third-order valence-corrected chi connectivity index (χ3v) is 7.36. The lowest BCUT2D eigenvalue weighted by Crippen LogP contribution is -2.16. The monoisotopic (exact) mass is 448 g/mol. The normalized spacial score (nSPS) is 19.3. The third-order valence-electron chi connectivity index (χ3n) is 6.37. The Morgan fingerprint density at radius 2 is 1.62 bits per heavy atom. The summed E-state index contributed by atoms with van der Waals surface area (Å²) in [6, 6.07) is 18.5. The Morgan fingerprint density at radius 3 is 2.31 bits per heavy atom. The van der Waals surface area contributed by atoms with E-state index < -0.39 is 7.60 Å². The molecule has 0 spiro atoms. The van der Waals surface area contributed by atoms with Crippen LogP contribution in [0.1, 0.15) is 37.2 Å². The number of benzene rings is 2. The van der Waals surface area contributed by atoms with Crippen molar-refractivity contribution >= 4 is 18.8 Å². The van der Waals surface area contributed by atoms with Crippen LogP contribution in [0, 0.1) is 5.92 Å². The highest BCUT2D eigenvalue weighted by molar-refractivity contribution is 7.51. The average molecular weight is 448 g/mol. The van der Waals surface area contributed by atoms with Crippen LogP contribution >= 0.6 is 7.60 Å². The van der Waals surface area contributed by atoms with Crippen molar-refractivity contribution in [3.8, 4) is 16.9 Å². The van der Waals surface area contributed by atoms with Gasteiger partial charge in [-0.1, -0.05) is 42.5 Å². The van der Waals surface area contributed by atoms with E-state index in [-0.39, 0.29) is 12.1 Å². The van der Waals surface area contributed by atoms with Gasteiger partial charge in [0.15, 0.2) is 5.65 Å². The molecule has 2 N–H and O–H groups in total. The van der Waals surface area contributed by atoms with Crippen molar-refractivity contribution in [1.82, 2.24) is 19.5 Å². The number of fused-ring (bicyclic) bond motifs is 1. The Balaban J connectivity index is 1.36. The fourth-order valence-corrected chi connectivity index (χ4v) is 5.79. The van der Waals surface area contributed by atoms with Crippen LogP contribution in [0.2, 0.25) is 0 Å². The summed E-state index contributed by atoms with van der Waals surface area (Å²) in [5, 5.41) is 0. The summed E-state index contributed by atoms with van der Waals surface area (Å²) in [5.74, 6) is 0.561. The van der Waals surface area contributed by atoms with E-state index in [2.05, 4.69) is 39.2 Å². The maximum atomic E-state index is 11.3. The number of hydrogen-bond acceptors (Lipinski definition) is 4. The molecule has 164 valence electrons. The lowest BCUT2D eigenvalue weighted by Gasteiger charge is -2.29. The van der Waals surface area contributed by atoms with Gasteiger partial charge in [0.2, 0.25) is 0 Å². The SMILES string of the molecule is O=P(O)(O)C[C@H]1CC[C@H](c2ccc(-n3cnc4c(-c5ccccc5)ncnc43)cc2)CC1. The van der Waals surface area contributed by atoms with E-state index in [0.717, 1.165) is 53.8 Å². The zero-order chi connectivity index (χ0) is 22.1. The summed E-state index contributed by atoms with van der Waals surface area (Å²) in [6.07, 6.45) is 7.03. The molecule has 0 unspecified atom stereocenters. The predicted molar refractivity (Wildman–Crippen MR) is 124 cm³/mol. The molecule has 2 aromatic heterocycles. The molecule has 1 fully saturated rings. The molecular weight excluding hydrogens is 423 g/mol. The number of nitrogens with zero attached hydrogens (tertiary/aromatic N) is 4. The summed E-state index contributed by atoms with van der Waals surface area (Å²) in [6.45, 7) is 0. The quantitative estimate of drug-likeness (QED) is 0.420. The summed E-state index contributed by atoms with van der Waals surface area (Å²) in [5.41, 5.74) is 5.63. The number of aromatic nitrogens is 4. The van der Waals surface area contributed by atoms with Crippen molar-refractivity contribution in [3.63, 3.8) is 0 Å². The second-order valence-corrected chi connectivity index (χ2v) is 10.2. The second-order valence-electron chi connectivity index (χ2n) is 8.53. The van der Waals surface area contributed by atoms with Gasteiger partial charge in [-0.05, 0) is 55.2 Å². The minimum Gasteiger partial charge on any atom is -0.324 e. The highest BCUT2D eigenvalue weighted by atomic mass is 31.2. The van der Waals surface area contributed by atoms with Crippen LogP contribution in [0.5, 0.6) is 0 Å². The molecule has 1 aliphatic rings. The topological polar surface area (TPSA) is 101 Å². The lowest BCUT2D eigenvalue weighted by molar-refractivity contribution is 0.316. The van der Waals surface area contributed by atoms with Crippen LogP contribution in [-0.4, -0.2) is 35.5 Å². The van der Waals surface area contributed by atoms with Gasteiger partial charge < -0.3 is 9.79 Å². The Kier molecular flexibility index (Phi) is 5.64. The van der Waals surface area contributed by atoms with Gasteiger partial charge in [-0.25, -0.2) is 15.0 Å².